The van der Waals surface area contributed by atoms with Gasteiger partial charge < -0.3 is 10.2 Å². The maximum Gasteiger partial charge on any atom is 0.307 e. The number of amides is 2. The molecule has 2 amide bonds. The van der Waals surface area contributed by atoms with E-state index in [0.717, 1.165) is 4.90 Å². The van der Waals surface area contributed by atoms with Crippen LogP contribution in [0.1, 0.15) is 19.3 Å². The molecule has 1 aliphatic heterocycles. The summed E-state index contributed by atoms with van der Waals surface area (Å²) < 4.78 is 0. The van der Waals surface area contributed by atoms with Gasteiger partial charge in [-0.15, -0.1) is 0 Å². The second-order valence-electron chi connectivity index (χ2n) is 5.88. The third-order valence-corrected chi connectivity index (χ3v) is 6.21. The summed E-state index contributed by atoms with van der Waals surface area (Å²) in [6.45, 7) is 0. The Kier molecular flexibility index (Phi) is 3.31. The fourth-order valence-corrected chi connectivity index (χ4v) is 5.42. The fourth-order valence-electron chi connectivity index (χ4n) is 4.24. The van der Waals surface area contributed by atoms with Crippen LogP contribution in [0.2, 0.25) is 0 Å². The Morgan fingerprint density at radius 1 is 1.00 bits per heavy atom. The van der Waals surface area contributed by atoms with Crippen molar-refractivity contribution in [1.29, 1.82) is 0 Å². The molecule has 3 rings (SSSR count). The third-order valence-electron chi connectivity index (χ3n) is 4.99. The first-order valence-corrected chi connectivity index (χ1v) is 7.70. The van der Waals surface area contributed by atoms with Gasteiger partial charge in [0.15, 0.2) is 0 Å². The van der Waals surface area contributed by atoms with Crippen LogP contribution in [0.15, 0.2) is 0 Å². The van der Waals surface area contributed by atoms with E-state index in [0.29, 0.717) is 6.42 Å². The average molecular weight is 360 g/mol. The molecule has 1 heterocycles. The number of carboxylic acids is 2. The number of fused-ring (bicyclic) bond motifs is 2. The number of carboxylic acid groups (broad SMARTS) is 2. The quantitative estimate of drug-likeness (QED) is 0.554. The molecule has 7 nitrogen and oxygen atoms in total. The van der Waals surface area contributed by atoms with Crippen molar-refractivity contribution in [2.24, 2.45) is 23.7 Å². The monoisotopic (exact) mass is 359 g/mol. The molecule has 3 fully saturated rings. The van der Waals surface area contributed by atoms with Crippen molar-refractivity contribution in [3.05, 3.63) is 0 Å². The Hall–Kier alpha value is -1.44. The summed E-state index contributed by atoms with van der Waals surface area (Å²) in [5.74, 6) is -5.77. The van der Waals surface area contributed by atoms with Crippen molar-refractivity contribution >= 4 is 39.7 Å². The zero-order chi connectivity index (χ0) is 15.5. The predicted octanol–water partition coefficient (Wildman–Crippen LogP) is 0.319. The van der Waals surface area contributed by atoms with E-state index in [1.165, 1.54) is 0 Å². The van der Waals surface area contributed by atoms with Crippen LogP contribution in [0, 0.1) is 23.7 Å². The summed E-state index contributed by atoms with van der Waals surface area (Å²) in [5.41, 5.74) is 0. The van der Waals surface area contributed by atoms with Crippen molar-refractivity contribution in [2.45, 2.75) is 30.1 Å². The highest BCUT2D eigenvalue weighted by Gasteiger charge is 2.65. The molecule has 0 aromatic rings. The van der Waals surface area contributed by atoms with E-state index in [-0.39, 0.29) is 35.4 Å². The maximum absolute atomic E-state index is 11.9. The van der Waals surface area contributed by atoms with Gasteiger partial charge in [0, 0.05) is 17.7 Å². The summed E-state index contributed by atoms with van der Waals surface area (Å²) in [4.78, 5) is 47.5. The molecule has 0 spiro atoms. The lowest BCUT2D eigenvalue weighted by Crippen LogP contribution is -2.54. The highest BCUT2D eigenvalue weighted by molar-refractivity contribution is 9.09. The zero-order valence-corrected chi connectivity index (χ0v) is 12.5. The zero-order valence-electron chi connectivity index (χ0n) is 10.9. The van der Waals surface area contributed by atoms with Crippen molar-refractivity contribution < 1.29 is 29.4 Å². The fraction of sp³-hybridized carbons (Fsp3) is 0.692. The minimum atomic E-state index is -1.17. The van der Waals surface area contributed by atoms with Crippen LogP contribution in [0.25, 0.3) is 0 Å². The average Bonchev–Trinajstić information content (AvgIpc) is 3.02. The number of halogens is 1. The summed E-state index contributed by atoms with van der Waals surface area (Å²) in [5, 5.41) is 18.7. The minimum absolute atomic E-state index is 0.145. The number of carbonyl (C=O) groups is 4. The molecule has 0 aromatic heterocycles. The predicted molar refractivity (Wildman–Crippen MR) is 71.4 cm³/mol. The number of nitrogens with zero attached hydrogens (tertiary/aromatic N) is 1. The van der Waals surface area contributed by atoms with Crippen LogP contribution < -0.4 is 0 Å². The molecule has 6 atom stereocenters. The van der Waals surface area contributed by atoms with Crippen molar-refractivity contribution in [1.82, 2.24) is 4.90 Å². The Balaban J connectivity index is 1.96. The molecular formula is C13H14BrNO6. The van der Waals surface area contributed by atoms with Crippen LogP contribution in [0.4, 0.5) is 0 Å². The number of aliphatic carboxylic acids is 2. The van der Waals surface area contributed by atoms with Gasteiger partial charge in [0.05, 0.1) is 17.9 Å². The molecule has 0 aromatic carbocycles. The number of alkyl halides is 1. The molecular weight excluding hydrogens is 346 g/mol. The third kappa shape index (κ3) is 1.91. The largest absolute Gasteiger partial charge is 0.481 e. The Morgan fingerprint density at radius 2 is 1.48 bits per heavy atom. The molecule has 0 radical (unpaired) electrons. The highest BCUT2D eigenvalue weighted by atomic mass is 79.9. The maximum atomic E-state index is 11.9. The number of hydrogen-bond donors (Lipinski definition) is 2. The van der Waals surface area contributed by atoms with Gasteiger partial charge in [-0.1, -0.05) is 15.9 Å². The molecule has 0 unspecified atom stereocenters. The molecule has 3 aliphatic rings. The standard InChI is InChI=1S/C13H14BrNO6/c14-10-4-3-5(9(13(20)21)8(4)12(18)19)11(10)15-6(16)1-2-7(15)17/h4-5,8-11H,1-3H2,(H,18,19)(H,20,21)/t4-,5+,8-,9-,10+,11+/m0/s1. The van der Waals surface area contributed by atoms with E-state index in [9.17, 15) is 29.4 Å². The summed E-state index contributed by atoms with van der Waals surface area (Å²) in [6.07, 6.45) is 0.699. The Bertz CT molecular complexity index is 533. The van der Waals surface area contributed by atoms with Crippen LogP contribution >= 0.6 is 15.9 Å². The first kappa shape index (κ1) is 14.5. The van der Waals surface area contributed by atoms with E-state index in [1.54, 1.807) is 0 Å². The van der Waals surface area contributed by atoms with Gasteiger partial charge in [-0.3, -0.25) is 24.1 Å². The number of carbonyl (C=O) groups excluding carboxylic acids is 2. The van der Waals surface area contributed by atoms with Crippen LogP contribution in [-0.2, 0) is 19.2 Å². The highest BCUT2D eigenvalue weighted by Crippen LogP contribution is 2.57. The number of likely N-dealkylation sites (tertiary alicyclic amines) is 1. The van der Waals surface area contributed by atoms with E-state index in [1.807, 2.05) is 0 Å². The minimum Gasteiger partial charge on any atom is -0.481 e. The normalized spacial score (nSPS) is 41.9. The summed E-state index contributed by atoms with van der Waals surface area (Å²) in [7, 11) is 0. The van der Waals surface area contributed by atoms with Crippen molar-refractivity contribution in [3.63, 3.8) is 0 Å². The molecule has 2 N–H and O–H groups in total. The Labute approximate surface area is 128 Å². The number of imide groups is 1. The molecule has 2 aliphatic carbocycles. The molecule has 8 heteroatoms. The van der Waals surface area contributed by atoms with E-state index < -0.39 is 35.7 Å². The SMILES string of the molecule is O=C(O)[C@H]1[C@@H]2C[C@H]([C@@H]1C(=O)O)[C@@H](N1C(=O)CCC1=O)[C@@H]2Br. The van der Waals surface area contributed by atoms with Gasteiger partial charge in [0.1, 0.15) is 0 Å². The van der Waals surface area contributed by atoms with E-state index in [4.69, 9.17) is 0 Å². The van der Waals surface area contributed by atoms with Crippen LogP contribution in [0.3, 0.4) is 0 Å². The first-order chi connectivity index (χ1) is 9.84. The smallest absolute Gasteiger partial charge is 0.307 e. The van der Waals surface area contributed by atoms with Crippen molar-refractivity contribution in [2.75, 3.05) is 0 Å². The topological polar surface area (TPSA) is 112 Å². The van der Waals surface area contributed by atoms with Crippen molar-refractivity contribution in [3.8, 4) is 0 Å². The van der Waals surface area contributed by atoms with E-state index >= 15 is 0 Å². The first-order valence-electron chi connectivity index (χ1n) is 6.79. The van der Waals surface area contributed by atoms with Gasteiger partial charge in [-0.2, -0.15) is 0 Å². The van der Waals surface area contributed by atoms with Crippen LogP contribution in [-0.4, -0.2) is 49.7 Å². The lowest BCUT2D eigenvalue weighted by atomic mass is 9.76. The molecule has 2 saturated carbocycles. The van der Waals surface area contributed by atoms with Gasteiger partial charge in [0.2, 0.25) is 11.8 Å². The summed E-state index contributed by atoms with van der Waals surface area (Å²) >= 11 is 3.41. The molecule has 2 bridgehead atoms. The number of rotatable bonds is 3. The summed E-state index contributed by atoms with van der Waals surface area (Å²) in [6, 6.07) is -0.547. The second kappa shape index (κ2) is 4.79. The Morgan fingerprint density at radius 3 is 1.95 bits per heavy atom. The van der Waals surface area contributed by atoms with Gasteiger partial charge in [0.25, 0.3) is 0 Å². The lowest BCUT2D eigenvalue weighted by Gasteiger charge is -2.38. The molecule has 21 heavy (non-hydrogen) atoms. The number of hydrogen-bond acceptors (Lipinski definition) is 4. The van der Waals surface area contributed by atoms with Crippen LogP contribution in [0.5, 0.6) is 0 Å². The van der Waals surface area contributed by atoms with Gasteiger partial charge in [-0.05, 0) is 18.3 Å². The lowest BCUT2D eigenvalue weighted by molar-refractivity contribution is -0.159. The second-order valence-corrected chi connectivity index (χ2v) is 6.94. The molecule has 1 saturated heterocycles. The van der Waals surface area contributed by atoms with Gasteiger partial charge in [-0.25, -0.2) is 0 Å². The molecule has 114 valence electrons. The van der Waals surface area contributed by atoms with Gasteiger partial charge >= 0.3 is 11.9 Å². The van der Waals surface area contributed by atoms with E-state index in [2.05, 4.69) is 15.9 Å².